The molecule has 0 radical (unpaired) electrons. The van der Waals surface area contributed by atoms with E-state index in [1.165, 1.54) is 6.07 Å². The van der Waals surface area contributed by atoms with Gasteiger partial charge < -0.3 is 4.52 Å². The van der Waals surface area contributed by atoms with Crippen molar-refractivity contribution in [1.82, 2.24) is 10.1 Å². The third-order valence-electron chi connectivity index (χ3n) is 4.33. The fourth-order valence-electron chi connectivity index (χ4n) is 3.59. The van der Waals surface area contributed by atoms with Crippen LogP contribution in [0.5, 0.6) is 0 Å². The fourth-order valence-corrected chi connectivity index (χ4v) is 3.59. The summed E-state index contributed by atoms with van der Waals surface area (Å²) in [6.07, 6.45) is -1.55. The second kappa shape index (κ2) is 4.57. The maximum Gasteiger partial charge on any atom is 0.433 e. The first kappa shape index (κ1) is 15.1. The maximum atomic E-state index is 12.9. The Hall–Kier alpha value is -1.85. The Labute approximate surface area is 126 Å². The second-order valence-corrected chi connectivity index (χ2v) is 6.88. The van der Waals surface area contributed by atoms with Crippen LogP contribution >= 0.6 is 0 Å². The average Bonchev–Trinajstić information content (AvgIpc) is 2.86. The number of fused-ring (bicyclic) bond motifs is 1. The van der Waals surface area contributed by atoms with Gasteiger partial charge in [-0.25, -0.2) is 4.98 Å². The van der Waals surface area contributed by atoms with Crippen molar-refractivity contribution in [1.29, 1.82) is 0 Å². The lowest BCUT2D eigenvalue weighted by molar-refractivity contribution is -0.141. The zero-order chi connectivity index (χ0) is 16.2. The lowest BCUT2D eigenvalue weighted by atomic mass is 9.63. The summed E-state index contributed by atoms with van der Waals surface area (Å²) < 4.78 is 44.1. The van der Waals surface area contributed by atoms with Gasteiger partial charge in [0, 0.05) is 22.1 Å². The highest BCUT2D eigenvalue weighted by Gasteiger charge is 2.45. The largest absolute Gasteiger partial charge is 0.433 e. The highest BCUT2D eigenvalue weighted by atomic mass is 19.4. The number of alkyl halides is 3. The third kappa shape index (κ3) is 2.40. The zero-order valence-electron chi connectivity index (χ0n) is 12.7. The van der Waals surface area contributed by atoms with E-state index in [1.807, 2.05) is 20.8 Å². The van der Waals surface area contributed by atoms with Crippen LogP contribution in [0.15, 0.2) is 28.9 Å². The number of pyridine rings is 1. The first-order valence-electron chi connectivity index (χ1n) is 7.11. The molecule has 0 N–H and O–H groups in total. The van der Waals surface area contributed by atoms with Crippen molar-refractivity contribution in [3.63, 3.8) is 0 Å². The van der Waals surface area contributed by atoms with Crippen molar-refractivity contribution < 1.29 is 17.7 Å². The van der Waals surface area contributed by atoms with E-state index in [4.69, 9.17) is 4.52 Å². The molecule has 0 saturated carbocycles. The van der Waals surface area contributed by atoms with E-state index in [1.54, 1.807) is 12.3 Å². The summed E-state index contributed by atoms with van der Waals surface area (Å²) in [5, 5.41) is 3.84. The van der Waals surface area contributed by atoms with Crippen molar-refractivity contribution in [2.45, 2.75) is 50.6 Å². The average molecular weight is 310 g/mol. The van der Waals surface area contributed by atoms with Crippen LogP contribution in [0.4, 0.5) is 13.2 Å². The Morgan fingerprint density at radius 1 is 1.18 bits per heavy atom. The van der Waals surface area contributed by atoms with Crippen LogP contribution < -0.4 is 0 Å². The Morgan fingerprint density at radius 2 is 1.91 bits per heavy atom. The Morgan fingerprint density at radius 3 is 2.59 bits per heavy atom. The first-order valence-corrected chi connectivity index (χ1v) is 7.11. The number of hydrogen-bond acceptors (Lipinski definition) is 3. The lowest BCUT2D eigenvalue weighted by Gasteiger charge is -2.40. The van der Waals surface area contributed by atoms with Crippen LogP contribution in [0.1, 0.15) is 49.9 Å². The van der Waals surface area contributed by atoms with Crippen LogP contribution in [0, 0.1) is 0 Å². The fraction of sp³-hybridized carbons (Fsp3) is 0.500. The van der Waals surface area contributed by atoms with Gasteiger partial charge in [0.15, 0.2) is 0 Å². The van der Waals surface area contributed by atoms with E-state index < -0.39 is 17.3 Å². The lowest BCUT2D eigenvalue weighted by Crippen LogP contribution is -2.39. The van der Waals surface area contributed by atoms with Crippen molar-refractivity contribution in [3.05, 3.63) is 47.1 Å². The molecule has 118 valence electrons. The molecule has 1 unspecified atom stereocenters. The summed E-state index contributed by atoms with van der Waals surface area (Å²) in [5.74, 6) is 0.817. The molecule has 2 aromatic heterocycles. The number of aromatic nitrogens is 2. The number of rotatable bonds is 1. The molecule has 3 nitrogen and oxygen atoms in total. The molecule has 0 saturated heterocycles. The topological polar surface area (TPSA) is 38.9 Å². The zero-order valence-corrected chi connectivity index (χ0v) is 12.7. The Balaban J connectivity index is 2.06. The van der Waals surface area contributed by atoms with Crippen molar-refractivity contribution in [2.24, 2.45) is 0 Å². The molecule has 0 aromatic carbocycles. The summed E-state index contributed by atoms with van der Waals surface area (Å²) in [5.41, 5.74) is -0.224. The minimum absolute atomic E-state index is 0.297. The van der Waals surface area contributed by atoms with Crippen molar-refractivity contribution in [3.8, 4) is 0 Å². The van der Waals surface area contributed by atoms with Crippen LogP contribution in [-0.2, 0) is 23.4 Å². The van der Waals surface area contributed by atoms with Gasteiger partial charge in [0.25, 0.3) is 0 Å². The Kier molecular flexibility index (Phi) is 3.13. The van der Waals surface area contributed by atoms with E-state index in [2.05, 4.69) is 10.1 Å². The van der Waals surface area contributed by atoms with Crippen LogP contribution in [0.3, 0.4) is 0 Å². The van der Waals surface area contributed by atoms with E-state index >= 15 is 0 Å². The van der Waals surface area contributed by atoms with E-state index in [-0.39, 0.29) is 5.41 Å². The standard InChI is InChI=1S/C16H17F3N2O/c1-14(2)9-15(3,7-10-8-20-22-13(10)14)11-5-4-6-12(21-11)16(17,18)19/h4-6,8H,7,9H2,1-3H3. The number of nitrogens with zero attached hydrogens (tertiary/aromatic N) is 2. The number of halogens is 3. The molecular weight excluding hydrogens is 293 g/mol. The molecule has 0 amide bonds. The summed E-state index contributed by atoms with van der Waals surface area (Å²) in [6, 6.07) is 4.10. The second-order valence-electron chi connectivity index (χ2n) is 6.88. The molecule has 2 heterocycles. The highest BCUT2D eigenvalue weighted by Crippen LogP contribution is 2.47. The molecule has 1 atom stereocenters. The van der Waals surface area contributed by atoms with Gasteiger partial charge in [-0.2, -0.15) is 13.2 Å². The van der Waals surface area contributed by atoms with Gasteiger partial charge in [-0.1, -0.05) is 32.0 Å². The molecule has 0 aliphatic heterocycles. The van der Waals surface area contributed by atoms with Gasteiger partial charge >= 0.3 is 6.18 Å². The maximum absolute atomic E-state index is 12.9. The van der Waals surface area contributed by atoms with Crippen molar-refractivity contribution >= 4 is 0 Å². The predicted molar refractivity (Wildman–Crippen MR) is 74.4 cm³/mol. The van der Waals surface area contributed by atoms with Crippen molar-refractivity contribution in [2.75, 3.05) is 0 Å². The van der Waals surface area contributed by atoms with Gasteiger partial charge in [0.05, 0.1) is 6.20 Å². The van der Waals surface area contributed by atoms with E-state index in [0.29, 0.717) is 18.5 Å². The summed E-state index contributed by atoms with van der Waals surface area (Å²) >= 11 is 0. The van der Waals surface area contributed by atoms with Gasteiger partial charge in [0.1, 0.15) is 11.5 Å². The summed E-state index contributed by atoms with van der Waals surface area (Å²) in [7, 11) is 0. The van der Waals surface area contributed by atoms with Gasteiger partial charge in [0.2, 0.25) is 0 Å². The third-order valence-corrected chi connectivity index (χ3v) is 4.33. The molecule has 6 heteroatoms. The van der Waals surface area contributed by atoms with Gasteiger partial charge in [-0.05, 0) is 25.0 Å². The predicted octanol–water partition coefficient (Wildman–Crippen LogP) is 4.27. The quantitative estimate of drug-likeness (QED) is 0.789. The molecule has 2 aromatic rings. The van der Waals surface area contributed by atoms with E-state index in [0.717, 1.165) is 17.4 Å². The van der Waals surface area contributed by atoms with E-state index in [9.17, 15) is 13.2 Å². The summed E-state index contributed by atoms with van der Waals surface area (Å²) in [6.45, 7) is 5.98. The minimum atomic E-state index is -4.43. The Bertz CT molecular complexity index is 705. The molecular formula is C16H17F3N2O. The molecule has 1 aliphatic carbocycles. The minimum Gasteiger partial charge on any atom is -0.361 e. The summed E-state index contributed by atoms with van der Waals surface area (Å²) in [4.78, 5) is 3.89. The van der Waals surface area contributed by atoms with Crippen LogP contribution in [-0.4, -0.2) is 10.1 Å². The molecule has 0 fully saturated rings. The smallest absolute Gasteiger partial charge is 0.361 e. The van der Waals surface area contributed by atoms with Gasteiger partial charge in [-0.3, -0.25) is 0 Å². The molecule has 0 bridgehead atoms. The number of hydrogen-bond donors (Lipinski definition) is 0. The molecule has 22 heavy (non-hydrogen) atoms. The van der Waals surface area contributed by atoms with Gasteiger partial charge in [-0.15, -0.1) is 0 Å². The monoisotopic (exact) mass is 310 g/mol. The SMILES string of the molecule is CC1(C)CC(C)(c2cccc(C(F)(F)F)n2)Cc2cnoc21. The molecule has 1 aliphatic rings. The highest BCUT2D eigenvalue weighted by molar-refractivity contribution is 5.34. The van der Waals surface area contributed by atoms with Crippen LogP contribution in [0.2, 0.25) is 0 Å². The van der Waals surface area contributed by atoms with Crippen LogP contribution in [0.25, 0.3) is 0 Å². The molecule has 3 rings (SSSR count). The normalized spacial score (nSPS) is 24.1. The first-order chi connectivity index (χ1) is 10.1. The molecule has 0 spiro atoms.